The molecule has 28 heavy (non-hydrogen) atoms. The highest BCUT2D eigenvalue weighted by Gasteiger charge is 2.15. The Labute approximate surface area is 159 Å². The van der Waals surface area contributed by atoms with E-state index >= 15 is 0 Å². The van der Waals surface area contributed by atoms with Crippen molar-refractivity contribution >= 4 is 27.6 Å². The Morgan fingerprint density at radius 3 is 2.54 bits per heavy atom. The molecule has 2 aromatic carbocycles. The number of aromatic amines is 1. The van der Waals surface area contributed by atoms with E-state index in [9.17, 15) is 0 Å². The molecule has 6 rings (SSSR count). The molecule has 0 fully saturated rings. The van der Waals surface area contributed by atoms with Crippen LogP contribution in [0, 0.1) is 0 Å². The number of nitrogens with one attached hydrogen (secondary N) is 1. The zero-order chi connectivity index (χ0) is 18.5. The predicted octanol–water partition coefficient (Wildman–Crippen LogP) is 4.49. The van der Waals surface area contributed by atoms with Crippen LogP contribution in [0.5, 0.6) is 0 Å². The molecule has 0 unspecified atom stereocenters. The molecule has 6 heteroatoms. The number of rotatable bonds is 2. The first-order valence-electron chi connectivity index (χ1n) is 9.01. The van der Waals surface area contributed by atoms with Gasteiger partial charge in [0.05, 0.1) is 16.6 Å². The van der Waals surface area contributed by atoms with Gasteiger partial charge in [-0.3, -0.25) is 9.38 Å². The fourth-order valence-corrected chi connectivity index (χ4v) is 3.56. The number of hydrogen-bond acceptors (Lipinski definition) is 4. The highest BCUT2D eigenvalue weighted by molar-refractivity contribution is 5.94. The maximum Gasteiger partial charge on any atom is 0.204 e. The molecule has 1 N–H and O–H groups in total. The van der Waals surface area contributed by atoms with Crippen LogP contribution < -0.4 is 0 Å². The van der Waals surface area contributed by atoms with Gasteiger partial charge in [0.1, 0.15) is 0 Å². The lowest BCUT2D eigenvalue weighted by Crippen LogP contribution is -1.93. The van der Waals surface area contributed by atoms with Crippen LogP contribution in [-0.2, 0) is 0 Å². The summed E-state index contributed by atoms with van der Waals surface area (Å²) in [6, 6.07) is 22.2. The first kappa shape index (κ1) is 15.0. The molecule has 0 saturated carbocycles. The van der Waals surface area contributed by atoms with E-state index in [1.807, 2.05) is 65.3 Å². The maximum atomic E-state index is 4.66. The molecule has 0 radical (unpaired) electrons. The smallest absolute Gasteiger partial charge is 0.204 e. The number of pyridine rings is 2. The van der Waals surface area contributed by atoms with Gasteiger partial charge in [0.2, 0.25) is 5.82 Å². The SMILES string of the molecule is c1ccc(-c2cnc3ccn4c(-c5nc6ccccc6[nH]5)nnc4c3c2)cc1. The molecule has 132 valence electrons. The molecule has 0 amide bonds. The van der Waals surface area contributed by atoms with Crippen LogP contribution in [-0.4, -0.2) is 29.5 Å². The Hall–Kier alpha value is -4.06. The van der Waals surface area contributed by atoms with Crippen LogP contribution in [0.25, 0.3) is 50.4 Å². The molecular weight excluding hydrogens is 348 g/mol. The monoisotopic (exact) mass is 362 g/mol. The molecule has 0 saturated heterocycles. The first-order valence-corrected chi connectivity index (χ1v) is 9.01. The number of imidazole rings is 1. The van der Waals surface area contributed by atoms with Gasteiger partial charge >= 0.3 is 0 Å². The molecular formula is C22H14N6. The lowest BCUT2D eigenvalue weighted by atomic mass is 10.1. The lowest BCUT2D eigenvalue weighted by Gasteiger charge is -2.05. The third-order valence-corrected chi connectivity index (χ3v) is 4.95. The molecule has 6 aromatic rings. The average molecular weight is 362 g/mol. The zero-order valence-corrected chi connectivity index (χ0v) is 14.7. The highest BCUT2D eigenvalue weighted by Crippen LogP contribution is 2.27. The van der Waals surface area contributed by atoms with Crippen LogP contribution in [0.4, 0.5) is 0 Å². The molecule has 0 aliphatic carbocycles. The normalized spacial score (nSPS) is 11.6. The van der Waals surface area contributed by atoms with Crippen LogP contribution in [0.3, 0.4) is 0 Å². The lowest BCUT2D eigenvalue weighted by molar-refractivity contribution is 1.08. The van der Waals surface area contributed by atoms with Crippen molar-refractivity contribution in [2.75, 3.05) is 0 Å². The van der Waals surface area contributed by atoms with E-state index in [1.54, 1.807) is 0 Å². The fraction of sp³-hybridized carbons (Fsp3) is 0. The van der Waals surface area contributed by atoms with Crippen molar-refractivity contribution in [2.24, 2.45) is 0 Å². The standard InChI is InChI=1S/C22H14N6/c1-2-6-14(7-3-1)15-12-16-17(23-13-15)10-11-28-21(16)26-27-22(28)20-24-18-8-4-5-9-19(18)25-20/h1-13H,(H,24,25). The topological polar surface area (TPSA) is 71.8 Å². The van der Waals surface area contributed by atoms with E-state index in [1.165, 1.54) is 0 Å². The van der Waals surface area contributed by atoms with Gasteiger partial charge in [0, 0.05) is 23.3 Å². The summed E-state index contributed by atoms with van der Waals surface area (Å²) in [4.78, 5) is 12.6. The molecule has 4 heterocycles. The zero-order valence-electron chi connectivity index (χ0n) is 14.7. The van der Waals surface area contributed by atoms with Crippen molar-refractivity contribution in [1.29, 1.82) is 0 Å². The van der Waals surface area contributed by atoms with Gasteiger partial charge < -0.3 is 4.98 Å². The summed E-state index contributed by atoms with van der Waals surface area (Å²) in [7, 11) is 0. The summed E-state index contributed by atoms with van der Waals surface area (Å²) in [5, 5.41) is 9.80. The Balaban J connectivity index is 1.58. The van der Waals surface area contributed by atoms with E-state index in [0.717, 1.165) is 38.7 Å². The Morgan fingerprint density at radius 1 is 0.786 bits per heavy atom. The van der Waals surface area contributed by atoms with Crippen molar-refractivity contribution in [3.63, 3.8) is 0 Å². The van der Waals surface area contributed by atoms with Crippen LogP contribution in [0.2, 0.25) is 0 Å². The van der Waals surface area contributed by atoms with E-state index in [0.29, 0.717) is 11.6 Å². The third-order valence-electron chi connectivity index (χ3n) is 4.95. The van der Waals surface area contributed by atoms with E-state index in [-0.39, 0.29) is 0 Å². The van der Waals surface area contributed by atoms with Gasteiger partial charge in [-0.2, -0.15) is 0 Å². The Morgan fingerprint density at radius 2 is 1.64 bits per heavy atom. The first-order chi connectivity index (χ1) is 13.9. The summed E-state index contributed by atoms with van der Waals surface area (Å²) in [5.41, 5.74) is 5.70. The van der Waals surface area contributed by atoms with E-state index in [2.05, 4.69) is 43.3 Å². The maximum absolute atomic E-state index is 4.66. The minimum atomic E-state index is 0.679. The molecule has 4 aromatic heterocycles. The predicted molar refractivity (Wildman–Crippen MR) is 109 cm³/mol. The van der Waals surface area contributed by atoms with E-state index in [4.69, 9.17) is 0 Å². The number of benzene rings is 2. The third kappa shape index (κ3) is 2.21. The molecule has 0 bridgehead atoms. The van der Waals surface area contributed by atoms with Crippen LogP contribution >= 0.6 is 0 Å². The number of aromatic nitrogens is 6. The number of nitrogens with zero attached hydrogens (tertiary/aromatic N) is 5. The van der Waals surface area contributed by atoms with Crippen LogP contribution in [0.1, 0.15) is 0 Å². The average Bonchev–Trinajstić information content (AvgIpc) is 3.38. The molecule has 0 spiro atoms. The van der Waals surface area contributed by atoms with Crippen LogP contribution in [0.15, 0.2) is 79.1 Å². The number of H-pyrrole nitrogens is 1. The Bertz CT molecular complexity index is 1430. The van der Waals surface area contributed by atoms with E-state index < -0.39 is 0 Å². The summed E-state index contributed by atoms with van der Waals surface area (Å²) < 4.78 is 1.95. The molecule has 0 atom stereocenters. The number of fused-ring (bicyclic) bond motifs is 4. The fourth-order valence-electron chi connectivity index (χ4n) is 3.56. The quantitative estimate of drug-likeness (QED) is 0.493. The summed E-state index contributed by atoms with van der Waals surface area (Å²) >= 11 is 0. The molecule has 6 nitrogen and oxygen atoms in total. The van der Waals surface area contributed by atoms with Crippen molar-refractivity contribution in [2.45, 2.75) is 0 Å². The number of hydrogen-bond donors (Lipinski definition) is 1. The second-order valence-electron chi connectivity index (χ2n) is 6.66. The Kier molecular flexibility index (Phi) is 3.07. The second kappa shape index (κ2) is 5.72. The minimum absolute atomic E-state index is 0.679. The van der Waals surface area contributed by atoms with Gasteiger partial charge in [-0.15, -0.1) is 10.2 Å². The van der Waals surface area contributed by atoms with Crippen molar-refractivity contribution < 1.29 is 0 Å². The van der Waals surface area contributed by atoms with Crippen molar-refractivity contribution in [3.8, 4) is 22.8 Å². The number of para-hydroxylation sites is 2. The highest BCUT2D eigenvalue weighted by atomic mass is 15.3. The summed E-state index contributed by atoms with van der Waals surface area (Å²) in [6.45, 7) is 0. The van der Waals surface area contributed by atoms with Gasteiger partial charge in [-0.05, 0) is 29.8 Å². The second-order valence-corrected chi connectivity index (χ2v) is 6.66. The van der Waals surface area contributed by atoms with Gasteiger partial charge in [-0.1, -0.05) is 42.5 Å². The van der Waals surface area contributed by atoms with Crippen molar-refractivity contribution in [1.82, 2.24) is 29.5 Å². The largest absolute Gasteiger partial charge is 0.335 e. The van der Waals surface area contributed by atoms with Gasteiger partial charge in [-0.25, -0.2) is 4.98 Å². The molecule has 0 aliphatic heterocycles. The van der Waals surface area contributed by atoms with Gasteiger partial charge in [0.15, 0.2) is 11.5 Å². The van der Waals surface area contributed by atoms with Crippen molar-refractivity contribution in [3.05, 3.63) is 79.1 Å². The molecule has 0 aliphatic rings. The van der Waals surface area contributed by atoms with Gasteiger partial charge in [0.25, 0.3) is 0 Å². The summed E-state index contributed by atoms with van der Waals surface area (Å²) in [6.07, 6.45) is 3.83. The summed E-state index contributed by atoms with van der Waals surface area (Å²) in [5.74, 6) is 1.37. The minimum Gasteiger partial charge on any atom is -0.335 e.